The first-order valence-corrected chi connectivity index (χ1v) is 11.5. The molecule has 174 valence electrons. The third kappa shape index (κ3) is 4.13. The number of aromatic nitrogens is 4. The van der Waals surface area contributed by atoms with Crippen LogP contribution in [-0.2, 0) is 6.54 Å². The van der Waals surface area contributed by atoms with E-state index in [1.807, 2.05) is 71.8 Å². The average molecular weight is 477 g/mol. The van der Waals surface area contributed by atoms with Gasteiger partial charge >= 0.3 is 0 Å². The number of rotatable bonds is 6. The summed E-state index contributed by atoms with van der Waals surface area (Å²) in [5.41, 5.74) is 2.36. The van der Waals surface area contributed by atoms with E-state index in [4.69, 9.17) is 21.3 Å². The molecule has 4 aromatic rings. The van der Waals surface area contributed by atoms with E-state index in [9.17, 15) is 9.90 Å². The number of hydrogen-bond acceptors (Lipinski definition) is 5. The van der Waals surface area contributed by atoms with Gasteiger partial charge in [0.25, 0.3) is 0 Å². The van der Waals surface area contributed by atoms with Crippen LogP contribution in [0.5, 0.6) is 5.75 Å². The number of nitrogens with zero attached hydrogens (tertiary/aromatic N) is 4. The largest absolute Gasteiger partial charge is 0.491 e. The van der Waals surface area contributed by atoms with Gasteiger partial charge in [-0.1, -0.05) is 37.6 Å². The summed E-state index contributed by atoms with van der Waals surface area (Å²) in [6, 6.07) is 13.0. The monoisotopic (exact) mass is 476 g/mol. The Hall–Kier alpha value is -3.42. The maximum Gasteiger partial charge on any atom is 0.164 e. The fraction of sp³-hybridized carbons (Fsp3) is 0.269. The smallest absolute Gasteiger partial charge is 0.164 e. The first-order valence-electron chi connectivity index (χ1n) is 11.1. The van der Waals surface area contributed by atoms with Crippen LogP contribution in [0.1, 0.15) is 30.6 Å². The predicted octanol–water partition coefficient (Wildman–Crippen LogP) is 5.04. The number of ketones is 1. The number of ether oxygens (including phenoxy) is 1. The van der Waals surface area contributed by atoms with Gasteiger partial charge < -0.3 is 14.4 Å². The lowest BCUT2D eigenvalue weighted by atomic mass is 9.86. The SMILES string of the molecule is CC(C)(CO)CC(=O)c1ccc2c(c1)-c1nc(-c3nccn3-c3ccccc3Cl)cn1CCO2. The molecule has 34 heavy (non-hydrogen) atoms. The van der Waals surface area contributed by atoms with Crippen molar-refractivity contribution in [2.75, 3.05) is 13.2 Å². The lowest BCUT2D eigenvalue weighted by Crippen LogP contribution is -2.21. The molecule has 0 spiro atoms. The predicted molar refractivity (Wildman–Crippen MR) is 131 cm³/mol. The molecular weight excluding hydrogens is 452 g/mol. The lowest BCUT2D eigenvalue weighted by molar-refractivity contribution is 0.0858. The van der Waals surface area contributed by atoms with Gasteiger partial charge in [-0.2, -0.15) is 0 Å². The molecule has 0 fully saturated rings. The highest BCUT2D eigenvalue weighted by Gasteiger charge is 2.25. The van der Waals surface area contributed by atoms with Gasteiger partial charge in [0, 0.05) is 37.2 Å². The van der Waals surface area contributed by atoms with E-state index in [-0.39, 0.29) is 18.8 Å². The maximum absolute atomic E-state index is 12.9. The van der Waals surface area contributed by atoms with E-state index in [2.05, 4.69) is 4.98 Å². The molecule has 0 unspecified atom stereocenters. The number of aliphatic hydroxyl groups is 1. The molecule has 2 aromatic carbocycles. The average Bonchev–Trinajstić information content (AvgIpc) is 3.43. The van der Waals surface area contributed by atoms with Crippen molar-refractivity contribution in [2.24, 2.45) is 5.41 Å². The Labute approximate surface area is 202 Å². The van der Waals surface area contributed by atoms with Crippen molar-refractivity contribution >= 4 is 17.4 Å². The van der Waals surface area contributed by atoms with Crippen molar-refractivity contribution in [3.05, 3.63) is 71.6 Å². The number of hydrogen-bond donors (Lipinski definition) is 1. The molecule has 0 amide bonds. The summed E-state index contributed by atoms with van der Waals surface area (Å²) >= 11 is 6.43. The van der Waals surface area contributed by atoms with Crippen LogP contribution in [0.3, 0.4) is 0 Å². The van der Waals surface area contributed by atoms with Gasteiger partial charge in [-0.3, -0.25) is 9.36 Å². The van der Waals surface area contributed by atoms with Crippen LogP contribution in [0.4, 0.5) is 0 Å². The van der Waals surface area contributed by atoms with Gasteiger partial charge in [0.1, 0.15) is 23.9 Å². The maximum atomic E-state index is 12.9. The summed E-state index contributed by atoms with van der Waals surface area (Å²) < 4.78 is 9.88. The van der Waals surface area contributed by atoms with E-state index < -0.39 is 5.41 Å². The van der Waals surface area contributed by atoms with Crippen LogP contribution in [0.25, 0.3) is 28.6 Å². The van der Waals surface area contributed by atoms with E-state index in [1.54, 1.807) is 12.3 Å². The van der Waals surface area contributed by atoms with Gasteiger partial charge in [0.15, 0.2) is 11.6 Å². The zero-order valence-electron chi connectivity index (χ0n) is 19.0. The van der Waals surface area contributed by atoms with Crippen molar-refractivity contribution in [3.8, 4) is 34.3 Å². The van der Waals surface area contributed by atoms with E-state index in [0.29, 0.717) is 46.8 Å². The number of para-hydroxylation sites is 1. The number of imidazole rings is 2. The van der Waals surface area contributed by atoms with Gasteiger partial charge in [0.05, 0.1) is 22.8 Å². The molecule has 0 atom stereocenters. The fourth-order valence-corrected chi connectivity index (χ4v) is 4.32. The van der Waals surface area contributed by atoms with Crippen LogP contribution < -0.4 is 4.74 Å². The summed E-state index contributed by atoms with van der Waals surface area (Å²) in [5, 5.41) is 10.2. The Kier molecular flexibility index (Phi) is 5.75. The summed E-state index contributed by atoms with van der Waals surface area (Å²) in [4.78, 5) is 22.4. The van der Waals surface area contributed by atoms with Gasteiger partial charge in [-0.05, 0) is 35.7 Å². The number of aliphatic hydroxyl groups excluding tert-OH is 1. The van der Waals surface area contributed by atoms with E-state index >= 15 is 0 Å². The first kappa shape index (κ1) is 22.4. The van der Waals surface area contributed by atoms with Crippen molar-refractivity contribution in [1.29, 1.82) is 0 Å². The molecule has 0 saturated carbocycles. The molecule has 1 N–H and O–H groups in total. The number of carbonyl (C=O) groups is 1. The van der Waals surface area contributed by atoms with Crippen molar-refractivity contribution in [3.63, 3.8) is 0 Å². The molecule has 8 heteroatoms. The van der Waals surface area contributed by atoms with E-state index in [0.717, 1.165) is 11.3 Å². The van der Waals surface area contributed by atoms with Crippen LogP contribution in [0.2, 0.25) is 5.02 Å². The Morgan fingerprint density at radius 3 is 2.82 bits per heavy atom. The highest BCUT2D eigenvalue weighted by Crippen LogP contribution is 2.36. The molecular formula is C26H25ClN4O3. The second kappa shape index (κ2) is 8.74. The molecule has 5 rings (SSSR count). The zero-order chi connectivity index (χ0) is 23.9. The Morgan fingerprint density at radius 1 is 1.21 bits per heavy atom. The lowest BCUT2D eigenvalue weighted by Gasteiger charge is -2.20. The summed E-state index contributed by atoms with van der Waals surface area (Å²) in [6.45, 7) is 4.79. The highest BCUT2D eigenvalue weighted by molar-refractivity contribution is 6.32. The number of carbonyl (C=O) groups excluding carboxylic acids is 1. The number of fused-ring (bicyclic) bond motifs is 3. The molecule has 1 aliphatic heterocycles. The summed E-state index contributed by atoms with van der Waals surface area (Å²) in [5.74, 6) is 2.04. The van der Waals surface area contributed by atoms with Crippen molar-refractivity contribution in [1.82, 2.24) is 19.1 Å². The first-order chi connectivity index (χ1) is 16.4. The molecule has 3 heterocycles. The van der Waals surface area contributed by atoms with Crippen molar-refractivity contribution < 1.29 is 14.6 Å². The minimum Gasteiger partial charge on any atom is -0.491 e. The fourth-order valence-electron chi connectivity index (χ4n) is 4.09. The molecule has 0 radical (unpaired) electrons. The standard InChI is InChI=1S/C26H25ClN4O3/c1-26(2,16-32)14-22(33)17-7-8-23-18(13-17)24-29-20(15-30(24)11-12-34-23)25-28-9-10-31(25)21-6-4-3-5-19(21)27/h3-10,13,15,32H,11-12,14,16H2,1-2H3. The van der Waals surface area contributed by atoms with Gasteiger partial charge in [0.2, 0.25) is 0 Å². The Balaban J connectivity index is 1.56. The molecule has 1 aliphatic rings. The highest BCUT2D eigenvalue weighted by atomic mass is 35.5. The minimum atomic E-state index is -0.484. The molecule has 7 nitrogen and oxygen atoms in total. The molecule has 0 aliphatic carbocycles. The molecule has 0 bridgehead atoms. The molecule has 0 saturated heterocycles. The zero-order valence-corrected chi connectivity index (χ0v) is 19.8. The van der Waals surface area contributed by atoms with Gasteiger partial charge in [-0.15, -0.1) is 0 Å². The van der Waals surface area contributed by atoms with Crippen molar-refractivity contribution in [2.45, 2.75) is 26.8 Å². The second-order valence-corrected chi connectivity index (χ2v) is 9.60. The minimum absolute atomic E-state index is 0.0290. The summed E-state index contributed by atoms with van der Waals surface area (Å²) in [7, 11) is 0. The second-order valence-electron chi connectivity index (χ2n) is 9.20. The van der Waals surface area contributed by atoms with Crippen LogP contribution in [-0.4, -0.2) is 43.2 Å². The van der Waals surface area contributed by atoms with E-state index in [1.165, 1.54) is 0 Å². The van der Waals surface area contributed by atoms with Crippen LogP contribution >= 0.6 is 11.6 Å². The Morgan fingerprint density at radius 2 is 2.03 bits per heavy atom. The third-order valence-corrected chi connectivity index (χ3v) is 6.28. The molecule has 2 aromatic heterocycles. The van der Waals surface area contributed by atoms with Crippen LogP contribution in [0, 0.1) is 5.41 Å². The normalized spacial score (nSPS) is 13.1. The third-order valence-electron chi connectivity index (χ3n) is 5.96. The number of Topliss-reactive ketones (excluding diaryl/α,β-unsaturated/α-hetero) is 1. The number of halogens is 1. The quantitative estimate of drug-likeness (QED) is 0.394. The summed E-state index contributed by atoms with van der Waals surface area (Å²) in [6.07, 6.45) is 5.78. The van der Waals surface area contributed by atoms with Crippen LogP contribution in [0.15, 0.2) is 61.1 Å². The van der Waals surface area contributed by atoms with Gasteiger partial charge in [-0.25, -0.2) is 9.97 Å². The Bertz CT molecular complexity index is 1370. The number of benzene rings is 2. The topological polar surface area (TPSA) is 82.2 Å².